The van der Waals surface area contributed by atoms with Crippen LogP contribution < -0.4 is 10.6 Å². The van der Waals surface area contributed by atoms with Crippen molar-refractivity contribution in [1.29, 1.82) is 0 Å². The quantitative estimate of drug-likeness (QED) is 0.762. The van der Waals surface area contributed by atoms with E-state index in [-0.39, 0.29) is 5.91 Å². The van der Waals surface area contributed by atoms with Crippen molar-refractivity contribution >= 4 is 28.5 Å². The van der Waals surface area contributed by atoms with E-state index >= 15 is 0 Å². The van der Waals surface area contributed by atoms with Crippen molar-refractivity contribution in [2.45, 2.75) is 57.5 Å². The van der Waals surface area contributed by atoms with Gasteiger partial charge < -0.3 is 15.2 Å². The third-order valence-corrected chi connectivity index (χ3v) is 5.96. The molecule has 1 fully saturated rings. The Hall–Kier alpha value is -1.85. The summed E-state index contributed by atoms with van der Waals surface area (Å²) in [6, 6.07) is 2.18. The maximum absolute atomic E-state index is 12.9. The number of allylic oxidation sites excluding steroid dienone is 1. The Morgan fingerprint density at radius 1 is 1.33 bits per heavy atom. The van der Waals surface area contributed by atoms with Crippen molar-refractivity contribution in [1.82, 2.24) is 20.2 Å². The topological polar surface area (TPSA) is 59.0 Å². The standard InChI is InChI=1S/C21H27ClN4O/c22-18-9-11-24-20-19(18)17(14-26(20)13-16-8-5-10-23-16)21(27)25-12-15-6-3-1-2-4-7-15/h6,9,11,14,16,23H,1-5,7-8,10,12-13H2,(H,25,27)/t16-/m0/s1. The fourth-order valence-electron chi connectivity index (χ4n) is 4.17. The van der Waals surface area contributed by atoms with Crippen LogP contribution in [0, 0.1) is 0 Å². The highest BCUT2D eigenvalue weighted by Gasteiger charge is 2.21. The van der Waals surface area contributed by atoms with Crippen molar-refractivity contribution in [2.75, 3.05) is 13.1 Å². The average Bonchev–Trinajstić information content (AvgIpc) is 3.22. The zero-order valence-electron chi connectivity index (χ0n) is 15.6. The minimum absolute atomic E-state index is 0.0711. The third kappa shape index (κ3) is 4.19. The molecule has 0 aromatic carbocycles. The second kappa shape index (κ2) is 8.44. The molecule has 6 heteroatoms. The Kier molecular flexibility index (Phi) is 5.79. The number of amides is 1. The van der Waals surface area contributed by atoms with Gasteiger partial charge in [0.1, 0.15) is 5.65 Å². The zero-order valence-corrected chi connectivity index (χ0v) is 16.4. The minimum Gasteiger partial charge on any atom is -0.348 e. The summed E-state index contributed by atoms with van der Waals surface area (Å²) in [5.74, 6) is -0.0711. The van der Waals surface area contributed by atoms with E-state index in [2.05, 4.69) is 26.3 Å². The number of aromatic nitrogens is 2. The van der Waals surface area contributed by atoms with Crippen molar-refractivity contribution in [3.63, 3.8) is 0 Å². The molecule has 0 unspecified atom stereocenters. The monoisotopic (exact) mass is 386 g/mol. The second-order valence-electron chi connectivity index (χ2n) is 7.62. The Balaban J connectivity index is 1.56. The van der Waals surface area contributed by atoms with Gasteiger partial charge in [-0.05, 0) is 51.1 Å². The molecule has 4 rings (SSSR count). The molecule has 0 bridgehead atoms. The first kappa shape index (κ1) is 18.5. The van der Waals surface area contributed by atoms with Crippen LogP contribution in [0.3, 0.4) is 0 Å². The van der Waals surface area contributed by atoms with Gasteiger partial charge in [0.15, 0.2) is 0 Å². The van der Waals surface area contributed by atoms with Crippen LogP contribution in [-0.2, 0) is 6.54 Å². The van der Waals surface area contributed by atoms with E-state index in [1.165, 1.54) is 31.3 Å². The van der Waals surface area contributed by atoms with Crippen molar-refractivity contribution < 1.29 is 4.79 Å². The number of pyridine rings is 1. The summed E-state index contributed by atoms with van der Waals surface area (Å²) in [5.41, 5.74) is 2.74. The predicted molar refractivity (Wildman–Crippen MR) is 109 cm³/mol. The van der Waals surface area contributed by atoms with E-state index in [1.54, 1.807) is 12.3 Å². The van der Waals surface area contributed by atoms with Gasteiger partial charge in [0.25, 0.3) is 5.91 Å². The number of carbonyl (C=O) groups is 1. The first-order valence-corrected chi connectivity index (χ1v) is 10.4. The van der Waals surface area contributed by atoms with Gasteiger partial charge in [0.2, 0.25) is 0 Å². The zero-order chi connectivity index (χ0) is 18.6. The largest absolute Gasteiger partial charge is 0.348 e. The fourth-order valence-corrected chi connectivity index (χ4v) is 4.41. The third-order valence-electron chi connectivity index (χ3n) is 5.64. The summed E-state index contributed by atoms with van der Waals surface area (Å²) in [5, 5.41) is 7.94. The molecule has 2 N–H and O–H groups in total. The Labute approximate surface area is 165 Å². The number of nitrogens with zero attached hydrogens (tertiary/aromatic N) is 2. The highest BCUT2D eigenvalue weighted by Crippen LogP contribution is 2.28. The molecule has 2 aromatic heterocycles. The molecule has 2 aromatic rings. The SMILES string of the molecule is O=C(NCC1=CCCCCC1)c1cn(C[C@@H]2CCCN2)c2nccc(Cl)c12. The van der Waals surface area contributed by atoms with Crippen LogP contribution in [0.25, 0.3) is 11.0 Å². The van der Waals surface area contributed by atoms with Gasteiger partial charge in [-0.15, -0.1) is 0 Å². The van der Waals surface area contributed by atoms with Crippen LogP contribution in [0.5, 0.6) is 0 Å². The predicted octanol–water partition coefficient (Wildman–Crippen LogP) is 4.06. The summed E-state index contributed by atoms with van der Waals surface area (Å²) in [7, 11) is 0. The lowest BCUT2D eigenvalue weighted by Gasteiger charge is -2.11. The van der Waals surface area contributed by atoms with Crippen LogP contribution in [-0.4, -0.2) is 34.6 Å². The molecule has 1 aliphatic carbocycles. The highest BCUT2D eigenvalue weighted by molar-refractivity contribution is 6.36. The van der Waals surface area contributed by atoms with E-state index in [1.807, 2.05) is 6.20 Å². The number of carbonyl (C=O) groups excluding carboxylic acids is 1. The average molecular weight is 387 g/mol. The van der Waals surface area contributed by atoms with Crippen molar-refractivity contribution in [2.24, 2.45) is 0 Å². The van der Waals surface area contributed by atoms with Gasteiger partial charge in [0, 0.05) is 31.5 Å². The molecule has 0 radical (unpaired) electrons. The number of rotatable bonds is 5. The summed E-state index contributed by atoms with van der Waals surface area (Å²) in [6.45, 7) is 2.48. The summed E-state index contributed by atoms with van der Waals surface area (Å²) in [4.78, 5) is 17.4. The number of fused-ring (bicyclic) bond motifs is 1. The van der Waals surface area contributed by atoms with Crippen molar-refractivity contribution in [3.8, 4) is 0 Å². The van der Waals surface area contributed by atoms with Crippen LogP contribution in [0.15, 0.2) is 30.1 Å². The number of hydrogen-bond donors (Lipinski definition) is 2. The number of halogens is 1. The van der Waals surface area contributed by atoms with Gasteiger partial charge in [0.05, 0.1) is 16.0 Å². The van der Waals surface area contributed by atoms with Gasteiger partial charge >= 0.3 is 0 Å². The molecule has 5 nitrogen and oxygen atoms in total. The molecular weight excluding hydrogens is 360 g/mol. The normalized spacial score (nSPS) is 20.5. The van der Waals surface area contributed by atoms with Gasteiger partial charge in [-0.25, -0.2) is 4.98 Å². The number of hydrogen-bond acceptors (Lipinski definition) is 3. The summed E-state index contributed by atoms with van der Waals surface area (Å²) >= 11 is 6.45. The summed E-state index contributed by atoms with van der Waals surface area (Å²) in [6.07, 6.45) is 14.2. The molecule has 1 atom stereocenters. The van der Waals surface area contributed by atoms with Gasteiger partial charge in [-0.2, -0.15) is 0 Å². The highest BCUT2D eigenvalue weighted by atomic mass is 35.5. The van der Waals surface area contributed by atoms with Gasteiger partial charge in [-0.1, -0.05) is 29.7 Å². The first-order valence-electron chi connectivity index (χ1n) is 10.0. The van der Waals surface area contributed by atoms with E-state index in [4.69, 9.17) is 11.6 Å². The van der Waals surface area contributed by atoms with Gasteiger partial charge in [-0.3, -0.25) is 4.79 Å². The number of nitrogens with one attached hydrogen (secondary N) is 2. The molecule has 0 spiro atoms. The molecular formula is C21H27ClN4O. The molecule has 144 valence electrons. The maximum atomic E-state index is 12.9. The molecule has 1 amide bonds. The van der Waals surface area contributed by atoms with Crippen LogP contribution in [0.4, 0.5) is 0 Å². The Morgan fingerprint density at radius 2 is 2.26 bits per heavy atom. The smallest absolute Gasteiger partial charge is 0.253 e. The van der Waals surface area contributed by atoms with Crippen LogP contribution >= 0.6 is 11.6 Å². The molecule has 0 saturated carbocycles. The van der Waals surface area contributed by atoms with E-state index in [0.717, 1.165) is 43.4 Å². The van der Waals surface area contributed by atoms with Crippen molar-refractivity contribution in [3.05, 3.63) is 40.7 Å². The summed E-state index contributed by atoms with van der Waals surface area (Å²) < 4.78 is 2.07. The minimum atomic E-state index is -0.0711. The molecule has 27 heavy (non-hydrogen) atoms. The Bertz CT molecular complexity index is 851. The van der Waals surface area contributed by atoms with E-state index in [0.29, 0.717) is 23.2 Å². The molecule has 1 saturated heterocycles. The van der Waals surface area contributed by atoms with Crippen LogP contribution in [0.2, 0.25) is 5.02 Å². The molecule has 2 aliphatic rings. The van der Waals surface area contributed by atoms with E-state index in [9.17, 15) is 4.79 Å². The van der Waals surface area contributed by atoms with Crippen LogP contribution in [0.1, 0.15) is 55.3 Å². The molecule has 3 heterocycles. The lowest BCUT2D eigenvalue weighted by molar-refractivity contribution is 0.0958. The fraction of sp³-hybridized carbons (Fsp3) is 0.524. The maximum Gasteiger partial charge on any atom is 0.253 e. The lowest BCUT2D eigenvalue weighted by atomic mass is 10.1. The second-order valence-corrected chi connectivity index (χ2v) is 8.03. The first-order chi connectivity index (χ1) is 13.2. The lowest BCUT2D eigenvalue weighted by Crippen LogP contribution is -2.27. The van der Waals surface area contributed by atoms with E-state index < -0.39 is 0 Å². The Morgan fingerprint density at radius 3 is 3.11 bits per heavy atom. The molecule has 1 aliphatic heterocycles.